The molecule has 0 radical (unpaired) electrons. The van der Waals surface area contributed by atoms with Crippen LogP contribution in [0.2, 0.25) is 0 Å². The zero-order chi connectivity index (χ0) is 29.9. The standard InChI is InChI=1S/C32H42N6O4/c1-30(2,3)41-28(39)37-15-7-9-26(37)32(27-10-8-16-38(27)29(40)42-31(4,5)6)35-23-14-12-21(18-25(23)36-32)20-11-13-22-24(17-20)34-19-33-22/h11-14,17-19,26-27,35-36H,7-10,15-16H2,1-6H3,(H,33,34). The Labute approximate surface area is 247 Å². The van der Waals surface area contributed by atoms with E-state index < -0.39 is 16.9 Å². The zero-order valence-electron chi connectivity index (χ0n) is 25.4. The van der Waals surface area contributed by atoms with E-state index >= 15 is 0 Å². The highest BCUT2D eigenvalue weighted by atomic mass is 16.6. The Morgan fingerprint density at radius 2 is 1.36 bits per heavy atom. The number of carbonyl (C=O) groups is 2. The van der Waals surface area contributed by atoms with E-state index in [2.05, 4.69) is 50.9 Å². The quantitative estimate of drug-likeness (QED) is 0.325. The number of imidazole rings is 1. The second-order valence-electron chi connectivity index (χ2n) is 13.7. The summed E-state index contributed by atoms with van der Waals surface area (Å²) < 4.78 is 11.7. The molecule has 4 heterocycles. The predicted molar refractivity (Wildman–Crippen MR) is 163 cm³/mol. The average molecular weight is 575 g/mol. The minimum Gasteiger partial charge on any atom is -0.444 e. The van der Waals surface area contributed by atoms with Gasteiger partial charge in [0.15, 0.2) is 5.66 Å². The van der Waals surface area contributed by atoms with Crippen LogP contribution in [-0.4, -0.2) is 74.0 Å². The summed E-state index contributed by atoms with van der Waals surface area (Å²) in [5, 5.41) is 7.64. The lowest BCUT2D eigenvalue weighted by atomic mass is 9.88. The van der Waals surface area contributed by atoms with E-state index in [0.29, 0.717) is 13.1 Å². The van der Waals surface area contributed by atoms with Gasteiger partial charge in [-0.1, -0.05) is 12.1 Å². The first-order chi connectivity index (χ1) is 19.8. The lowest BCUT2D eigenvalue weighted by molar-refractivity contribution is 0.00447. The molecule has 2 amide bonds. The minimum absolute atomic E-state index is 0.252. The number of H-pyrrole nitrogens is 1. The van der Waals surface area contributed by atoms with Gasteiger partial charge < -0.3 is 34.9 Å². The van der Waals surface area contributed by atoms with E-state index in [-0.39, 0.29) is 24.3 Å². The minimum atomic E-state index is -0.824. The van der Waals surface area contributed by atoms with Gasteiger partial charge in [-0.25, -0.2) is 14.6 Å². The van der Waals surface area contributed by atoms with Gasteiger partial charge in [0, 0.05) is 13.1 Å². The number of likely N-dealkylation sites (tertiary alicyclic amines) is 2. The number of nitrogens with zero attached hydrogens (tertiary/aromatic N) is 3. The molecule has 2 aromatic carbocycles. The SMILES string of the molecule is CC(C)(C)OC(=O)N1CCCC1C1(C2CCCN2C(=O)OC(C)(C)C)Nc2ccc(-c3ccc4nc[nH]c4c3)cc2N1. The molecule has 3 aromatic rings. The molecule has 3 N–H and O–H groups in total. The molecule has 10 heteroatoms. The molecular formula is C32H42N6O4. The Morgan fingerprint density at radius 1 is 0.810 bits per heavy atom. The first kappa shape index (κ1) is 28.2. The van der Waals surface area contributed by atoms with Gasteiger partial charge in [0.05, 0.1) is 40.8 Å². The highest BCUT2D eigenvalue weighted by molar-refractivity contribution is 5.87. The molecule has 224 valence electrons. The van der Waals surface area contributed by atoms with E-state index in [4.69, 9.17) is 9.47 Å². The summed E-state index contributed by atoms with van der Waals surface area (Å²) >= 11 is 0. The number of aromatic nitrogens is 2. The summed E-state index contributed by atoms with van der Waals surface area (Å²) in [6, 6.07) is 12.0. The van der Waals surface area contributed by atoms with Crippen LogP contribution in [0.5, 0.6) is 0 Å². The van der Waals surface area contributed by atoms with Crippen LogP contribution < -0.4 is 10.6 Å². The molecule has 1 aromatic heterocycles. The molecule has 2 fully saturated rings. The van der Waals surface area contributed by atoms with E-state index in [0.717, 1.165) is 59.2 Å². The molecule has 0 aliphatic carbocycles. The third-order valence-electron chi connectivity index (χ3n) is 8.27. The number of ether oxygens (including phenoxy) is 2. The number of hydrogen-bond acceptors (Lipinski definition) is 7. The normalized spacial score (nSPS) is 24.0. The predicted octanol–water partition coefficient (Wildman–Crippen LogP) is 6.56. The van der Waals surface area contributed by atoms with Crippen molar-refractivity contribution in [2.75, 3.05) is 23.7 Å². The van der Waals surface area contributed by atoms with Crippen molar-refractivity contribution in [1.82, 2.24) is 19.8 Å². The molecule has 2 atom stereocenters. The van der Waals surface area contributed by atoms with Crippen molar-refractivity contribution < 1.29 is 19.1 Å². The molecule has 2 unspecified atom stereocenters. The molecule has 3 aliphatic heterocycles. The van der Waals surface area contributed by atoms with Crippen molar-refractivity contribution in [3.8, 4) is 11.1 Å². The molecule has 0 spiro atoms. The van der Waals surface area contributed by atoms with Crippen molar-refractivity contribution >= 4 is 34.6 Å². The summed E-state index contributed by atoms with van der Waals surface area (Å²) in [7, 11) is 0. The maximum absolute atomic E-state index is 13.5. The van der Waals surface area contributed by atoms with Crippen LogP contribution in [0.4, 0.5) is 21.0 Å². The number of rotatable bonds is 3. The van der Waals surface area contributed by atoms with E-state index in [9.17, 15) is 9.59 Å². The molecule has 2 saturated heterocycles. The largest absolute Gasteiger partial charge is 0.444 e. The van der Waals surface area contributed by atoms with Crippen LogP contribution in [0, 0.1) is 0 Å². The lowest BCUT2D eigenvalue weighted by Gasteiger charge is -2.47. The third-order valence-corrected chi connectivity index (χ3v) is 8.27. The van der Waals surface area contributed by atoms with Crippen molar-refractivity contribution in [2.24, 2.45) is 0 Å². The molecule has 10 nitrogen and oxygen atoms in total. The number of anilines is 2. The third kappa shape index (κ3) is 5.23. The van der Waals surface area contributed by atoms with Gasteiger partial charge in [-0.15, -0.1) is 0 Å². The molecule has 0 bridgehead atoms. The van der Waals surface area contributed by atoms with Crippen LogP contribution >= 0.6 is 0 Å². The van der Waals surface area contributed by atoms with Gasteiger partial charge in [-0.2, -0.15) is 0 Å². The Hall–Kier alpha value is -3.95. The zero-order valence-corrected chi connectivity index (χ0v) is 25.4. The Kier molecular flexibility index (Phi) is 6.78. The van der Waals surface area contributed by atoms with Crippen LogP contribution in [0.25, 0.3) is 22.2 Å². The van der Waals surface area contributed by atoms with Gasteiger partial charge in [0.25, 0.3) is 0 Å². The van der Waals surface area contributed by atoms with E-state index in [1.54, 1.807) is 6.33 Å². The molecule has 42 heavy (non-hydrogen) atoms. The summed E-state index contributed by atoms with van der Waals surface area (Å²) in [5.41, 5.74) is 3.85. The van der Waals surface area contributed by atoms with Crippen LogP contribution in [0.1, 0.15) is 67.2 Å². The second kappa shape index (κ2) is 10.1. The van der Waals surface area contributed by atoms with Crippen LogP contribution in [0.15, 0.2) is 42.7 Å². The number of nitrogens with one attached hydrogen (secondary N) is 3. The molecule has 6 rings (SSSR count). The van der Waals surface area contributed by atoms with E-state index in [1.807, 2.05) is 57.4 Å². The molecule has 3 aliphatic rings. The highest BCUT2D eigenvalue weighted by Gasteiger charge is 2.58. The fourth-order valence-corrected chi connectivity index (χ4v) is 6.64. The number of amides is 2. The first-order valence-electron chi connectivity index (χ1n) is 15.0. The first-order valence-corrected chi connectivity index (χ1v) is 15.0. The monoisotopic (exact) mass is 574 g/mol. The van der Waals surface area contributed by atoms with Gasteiger partial charge >= 0.3 is 12.2 Å². The van der Waals surface area contributed by atoms with Crippen LogP contribution in [0.3, 0.4) is 0 Å². The topological polar surface area (TPSA) is 112 Å². The summed E-state index contributed by atoms with van der Waals surface area (Å²) in [4.78, 5) is 38.3. The lowest BCUT2D eigenvalue weighted by Crippen LogP contribution is -2.68. The number of aromatic amines is 1. The number of carbonyl (C=O) groups excluding carboxylic acids is 2. The molecule has 0 saturated carbocycles. The second-order valence-corrected chi connectivity index (χ2v) is 13.7. The Bertz CT molecular complexity index is 1460. The van der Waals surface area contributed by atoms with Gasteiger partial charge in [0.2, 0.25) is 0 Å². The number of benzene rings is 2. The summed E-state index contributed by atoms with van der Waals surface area (Å²) in [6.07, 6.45) is 4.27. The Balaban J connectivity index is 1.38. The summed E-state index contributed by atoms with van der Waals surface area (Å²) in [6.45, 7) is 12.5. The van der Waals surface area contributed by atoms with Gasteiger partial charge in [-0.3, -0.25) is 0 Å². The summed E-state index contributed by atoms with van der Waals surface area (Å²) in [5.74, 6) is 0. The van der Waals surface area contributed by atoms with Gasteiger partial charge in [0.1, 0.15) is 11.2 Å². The van der Waals surface area contributed by atoms with Crippen molar-refractivity contribution in [1.29, 1.82) is 0 Å². The van der Waals surface area contributed by atoms with Crippen molar-refractivity contribution in [3.63, 3.8) is 0 Å². The Morgan fingerprint density at radius 3 is 1.95 bits per heavy atom. The fourth-order valence-electron chi connectivity index (χ4n) is 6.64. The van der Waals surface area contributed by atoms with Crippen LogP contribution in [-0.2, 0) is 9.47 Å². The van der Waals surface area contributed by atoms with Crippen molar-refractivity contribution in [2.45, 2.75) is 96.2 Å². The molecular weight excluding hydrogens is 532 g/mol. The van der Waals surface area contributed by atoms with Crippen molar-refractivity contribution in [3.05, 3.63) is 42.7 Å². The highest BCUT2D eigenvalue weighted by Crippen LogP contribution is 2.47. The van der Waals surface area contributed by atoms with Gasteiger partial charge in [-0.05, 0) is 103 Å². The average Bonchev–Trinajstić information content (AvgIpc) is 3.70. The van der Waals surface area contributed by atoms with E-state index in [1.165, 1.54) is 0 Å². The maximum Gasteiger partial charge on any atom is 0.410 e. The maximum atomic E-state index is 13.5. The number of fused-ring (bicyclic) bond motifs is 2. The number of hydrogen-bond donors (Lipinski definition) is 3. The smallest absolute Gasteiger partial charge is 0.410 e. The fraction of sp³-hybridized carbons (Fsp3) is 0.531.